The Morgan fingerprint density at radius 3 is 3.16 bits per heavy atom. The molecule has 1 atom stereocenters. The van der Waals surface area contributed by atoms with Crippen molar-refractivity contribution in [1.29, 1.82) is 0 Å². The molecule has 0 unspecified atom stereocenters. The fourth-order valence-corrected chi connectivity index (χ4v) is 2.41. The van der Waals surface area contributed by atoms with Crippen LogP contribution in [0.2, 0.25) is 0 Å². The number of nitrogens with one attached hydrogen (secondary N) is 1. The third kappa shape index (κ3) is 2.12. The molecule has 1 fully saturated rings. The number of carboxylic acid groups (broad SMARTS) is 1. The van der Waals surface area contributed by atoms with Gasteiger partial charge in [-0.3, -0.25) is 0 Å². The second kappa shape index (κ2) is 4.30. The summed E-state index contributed by atoms with van der Waals surface area (Å²) in [7, 11) is 0. The summed E-state index contributed by atoms with van der Waals surface area (Å²) >= 11 is 0. The molecule has 1 amide bonds. The average Bonchev–Trinajstić information content (AvgIpc) is 2.92. The van der Waals surface area contributed by atoms with Gasteiger partial charge in [-0.2, -0.15) is 9.50 Å². The van der Waals surface area contributed by atoms with Gasteiger partial charge in [0.25, 0.3) is 0 Å². The van der Waals surface area contributed by atoms with Gasteiger partial charge in [-0.25, -0.2) is 4.79 Å². The van der Waals surface area contributed by atoms with E-state index in [4.69, 9.17) is 10.8 Å². The molecule has 4 N–H and O–H groups in total. The average molecular weight is 262 g/mol. The van der Waals surface area contributed by atoms with Crippen molar-refractivity contribution in [2.75, 3.05) is 23.7 Å². The predicted octanol–water partition coefficient (Wildman–Crippen LogP) is 0.158. The summed E-state index contributed by atoms with van der Waals surface area (Å²) in [5.41, 5.74) is 6.28. The quantitative estimate of drug-likeness (QED) is 0.711. The number of nitrogen functional groups attached to an aromatic ring is 1. The number of hydrogen-bond donors (Lipinski definition) is 3. The molecule has 100 valence electrons. The molecule has 0 spiro atoms. The Morgan fingerprint density at radius 2 is 2.37 bits per heavy atom. The molecule has 8 nitrogen and oxygen atoms in total. The van der Waals surface area contributed by atoms with Crippen LogP contribution in [0.3, 0.4) is 0 Å². The van der Waals surface area contributed by atoms with Gasteiger partial charge in [-0.15, -0.1) is 5.10 Å². The number of pyridine rings is 1. The first-order chi connectivity index (χ1) is 9.13. The Morgan fingerprint density at radius 1 is 1.53 bits per heavy atom. The van der Waals surface area contributed by atoms with E-state index < -0.39 is 6.09 Å². The van der Waals surface area contributed by atoms with Gasteiger partial charge in [0.05, 0.1) is 6.04 Å². The topological polar surface area (TPSA) is 109 Å². The first-order valence-corrected chi connectivity index (χ1v) is 5.99. The van der Waals surface area contributed by atoms with E-state index in [1.54, 1.807) is 4.52 Å². The van der Waals surface area contributed by atoms with Crippen LogP contribution in [0.4, 0.5) is 16.6 Å². The number of amides is 1. The molecule has 3 heterocycles. The van der Waals surface area contributed by atoms with Crippen molar-refractivity contribution in [1.82, 2.24) is 19.9 Å². The zero-order valence-electron chi connectivity index (χ0n) is 10.2. The highest BCUT2D eigenvalue weighted by Gasteiger charge is 2.25. The predicted molar refractivity (Wildman–Crippen MR) is 69.2 cm³/mol. The number of nitrogens with two attached hydrogens (primary N) is 1. The number of fused-ring (bicyclic) bond motifs is 1. The summed E-state index contributed by atoms with van der Waals surface area (Å²) in [5, 5.41) is 15.4. The molecule has 0 radical (unpaired) electrons. The lowest BCUT2D eigenvalue weighted by Gasteiger charge is -2.18. The molecular formula is C11H14N6O2. The van der Waals surface area contributed by atoms with Crippen molar-refractivity contribution in [2.45, 2.75) is 12.5 Å². The van der Waals surface area contributed by atoms with E-state index in [1.165, 1.54) is 0 Å². The maximum Gasteiger partial charge on any atom is 0.404 e. The molecule has 3 rings (SSSR count). The molecule has 8 heteroatoms. The van der Waals surface area contributed by atoms with E-state index in [9.17, 15) is 4.79 Å². The van der Waals surface area contributed by atoms with Gasteiger partial charge in [0.15, 0.2) is 5.65 Å². The highest BCUT2D eigenvalue weighted by atomic mass is 16.4. The second-order valence-corrected chi connectivity index (χ2v) is 4.51. The second-order valence-electron chi connectivity index (χ2n) is 4.51. The van der Waals surface area contributed by atoms with E-state index in [2.05, 4.69) is 20.3 Å². The summed E-state index contributed by atoms with van der Waals surface area (Å²) in [6.45, 7) is 1.38. The lowest BCUT2D eigenvalue weighted by atomic mass is 10.3. The van der Waals surface area contributed by atoms with E-state index >= 15 is 0 Å². The molecule has 1 aliphatic rings. The summed E-state index contributed by atoms with van der Waals surface area (Å²) < 4.78 is 1.68. The Hall–Kier alpha value is -2.51. The van der Waals surface area contributed by atoms with E-state index in [1.807, 2.05) is 18.2 Å². The van der Waals surface area contributed by atoms with Gasteiger partial charge >= 0.3 is 6.09 Å². The molecular weight excluding hydrogens is 248 g/mol. The van der Waals surface area contributed by atoms with Gasteiger partial charge in [0.2, 0.25) is 5.95 Å². The SMILES string of the molecule is Nc1nc2cccc(N3CC[C@@H](NC(=O)O)C3)n2n1. The van der Waals surface area contributed by atoms with Gasteiger partial charge < -0.3 is 21.1 Å². The highest BCUT2D eigenvalue weighted by molar-refractivity contribution is 5.65. The molecule has 0 aliphatic carbocycles. The van der Waals surface area contributed by atoms with Gasteiger partial charge in [0, 0.05) is 13.1 Å². The first kappa shape index (κ1) is 11.6. The van der Waals surface area contributed by atoms with Crippen LogP contribution in [0.1, 0.15) is 6.42 Å². The van der Waals surface area contributed by atoms with Crippen molar-refractivity contribution in [2.24, 2.45) is 0 Å². The largest absolute Gasteiger partial charge is 0.465 e. The third-order valence-corrected chi connectivity index (χ3v) is 3.20. The lowest BCUT2D eigenvalue weighted by Crippen LogP contribution is -2.36. The third-order valence-electron chi connectivity index (χ3n) is 3.20. The fraction of sp³-hybridized carbons (Fsp3) is 0.364. The maximum atomic E-state index is 10.6. The smallest absolute Gasteiger partial charge is 0.404 e. The van der Waals surface area contributed by atoms with Crippen LogP contribution in [0.5, 0.6) is 0 Å². The fourth-order valence-electron chi connectivity index (χ4n) is 2.41. The summed E-state index contributed by atoms with van der Waals surface area (Å²) in [6, 6.07) is 5.57. The molecule has 1 saturated heterocycles. The zero-order chi connectivity index (χ0) is 13.4. The van der Waals surface area contributed by atoms with Crippen LogP contribution in [0.15, 0.2) is 18.2 Å². The van der Waals surface area contributed by atoms with Crippen LogP contribution >= 0.6 is 0 Å². The standard InChI is InChI=1S/C11H14N6O2/c12-10-14-8-2-1-3-9(17(8)15-10)16-5-4-7(6-16)13-11(18)19/h1-3,7,13H,4-6H2,(H2,12,15)(H,18,19)/t7-/m1/s1. The molecule has 0 bridgehead atoms. The Balaban J connectivity index is 1.87. The number of hydrogen-bond acceptors (Lipinski definition) is 5. The van der Waals surface area contributed by atoms with Crippen LogP contribution < -0.4 is 16.0 Å². The Bertz CT molecular complexity index is 625. The molecule has 19 heavy (non-hydrogen) atoms. The first-order valence-electron chi connectivity index (χ1n) is 5.99. The van der Waals surface area contributed by atoms with Crippen LogP contribution in [0.25, 0.3) is 5.65 Å². The normalized spacial score (nSPS) is 18.9. The molecule has 1 aliphatic heterocycles. The molecule has 2 aromatic rings. The minimum absolute atomic E-state index is 0.0615. The number of carbonyl (C=O) groups is 1. The van der Waals surface area contributed by atoms with Crippen LogP contribution in [-0.4, -0.2) is 44.9 Å². The summed E-state index contributed by atoms with van der Waals surface area (Å²) in [5.74, 6) is 1.10. The number of rotatable bonds is 2. The highest BCUT2D eigenvalue weighted by Crippen LogP contribution is 2.21. The monoisotopic (exact) mass is 262 g/mol. The Labute approximate surface area is 108 Å². The van der Waals surface area contributed by atoms with Crippen LogP contribution in [-0.2, 0) is 0 Å². The molecule has 0 aromatic carbocycles. The van der Waals surface area contributed by atoms with Crippen molar-refractivity contribution >= 4 is 23.5 Å². The minimum atomic E-state index is -0.991. The maximum absolute atomic E-state index is 10.6. The van der Waals surface area contributed by atoms with E-state index in [0.29, 0.717) is 12.2 Å². The summed E-state index contributed by atoms with van der Waals surface area (Å²) in [4.78, 5) is 16.8. The lowest BCUT2D eigenvalue weighted by molar-refractivity contribution is 0.191. The number of anilines is 2. The number of aromatic nitrogens is 3. The van der Waals surface area contributed by atoms with Crippen molar-refractivity contribution in [3.8, 4) is 0 Å². The summed E-state index contributed by atoms with van der Waals surface area (Å²) in [6.07, 6.45) is -0.220. The van der Waals surface area contributed by atoms with Gasteiger partial charge in [-0.05, 0) is 18.6 Å². The van der Waals surface area contributed by atoms with Crippen molar-refractivity contribution < 1.29 is 9.90 Å². The van der Waals surface area contributed by atoms with Crippen molar-refractivity contribution in [3.05, 3.63) is 18.2 Å². The molecule has 0 saturated carbocycles. The van der Waals surface area contributed by atoms with Crippen molar-refractivity contribution in [3.63, 3.8) is 0 Å². The van der Waals surface area contributed by atoms with E-state index in [-0.39, 0.29) is 12.0 Å². The Kier molecular flexibility index (Phi) is 2.62. The van der Waals surface area contributed by atoms with E-state index in [0.717, 1.165) is 18.8 Å². The number of nitrogens with zero attached hydrogens (tertiary/aromatic N) is 4. The van der Waals surface area contributed by atoms with Gasteiger partial charge in [0.1, 0.15) is 5.82 Å². The van der Waals surface area contributed by atoms with Crippen LogP contribution in [0, 0.1) is 0 Å². The van der Waals surface area contributed by atoms with Gasteiger partial charge in [-0.1, -0.05) is 6.07 Å². The minimum Gasteiger partial charge on any atom is -0.465 e. The molecule has 2 aromatic heterocycles. The zero-order valence-corrected chi connectivity index (χ0v) is 10.2.